The van der Waals surface area contributed by atoms with Crippen molar-refractivity contribution in [3.8, 4) is 0 Å². The van der Waals surface area contributed by atoms with Gasteiger partial charge >= 0.3 is 6.18 Å². The lowest BCUT2D eigenvalue weighted by Gasteiger charge is -2.33. The molecule has 0 radical (unpaired) electrons. The van der Waals surface area contributed by atoms with Crippen molar-refractivity contribution in [3.63, 3.8) is 0 Å². The number of halogens is 3. The average molecular weight is 280 g/mol. The highest BCUT2D eigenvalue weighted by atomic mass is 19.4. The highest BCUT2D eigenvalue weighted by molar-refractivity contribution is 5.85. The van der Waals surface area contributed by atoms with Crippen molar-refractivity contribution in [2.45, 2.75) is 65.5 Å². The van der Waals surface area contributed by atoms with Crippen LogP contribution in [0, 0.1) is 11.8 Å². The second-order valence-corrected chi connectivity index (χ2v) is 5.99. The van der Waals surface area contributed by atoms with Gasteiger partial charge in [0.25, 0.3) is 0 Å². The van der Waals surface area contributed by atoms with Gasteiger partial charge in [-0.3, -0.25) is 10.1 Å². The van der Waals surface area contributed by atoms with E-state index < -0.39 is 18.6 Å². The molecule has 0 aromatic rings. The number of carbonyl (C=O) groups excluding carboxylic acids is 1. The first-order chi connectivity index (χ1) is 8.54. The van der Waals surface area contributed by atoms with Gasteiger partial charge in [0.05, 0.1) is 18.6 Å². The highest BCUT2D eigenvalue weighted by Crippen LogP contribution is 2.29. The predicted molar refractivity (Wildman–Crippen MR) is 67.4 cm³/mol. The number of rotatable bonds is 4. The molecular weight excluding hydrogens is 257 g/mol. The predicted octanol–water partition coefficient (Wildman–Crippen LogP) is 2.77. The molecule has 0 spiro atoms. The van der Waals surface area contributed by atoms with E-state index in [0.717, 1.165) is 0 Å². The Hall–Kier alpha value is -0.780. The molecule has 1 fully saturated rings. The fourth-order valence-corrected chi connectivity index (χ4v) is 2.55. The van der Waals surface area contributed by atoms with Gasteiger partial charge in [0.1, 0.15) is 0 Å². The number of nitrogens with one attached hydrogen (secondary N) is 1. The number of alkyl halides is 3. The molecular formula is C13H23F3N2O. The third-order valence-electron chi connectivity index (χ3n) is 3.47. The molecule has 1 heterocycles. The van der Waals surface area contributed by atoms with Gasteiger partial charge in [-0.15, -0.1) is 0 Å². The summed E-state index contributed by atoms with van der Waals surface area (Å²) in [5.74, 6) is -0.0781. The lowest BCUT2D eigenvalue weighted by atomic mass is 10.0. The van der Waals surface area contributed by atoms with Crippen LogP contribution in [0.15, 0.2) is 0 Å². The number of hydrogen-bond donors (Lipinski definition) is 1. The van der Waals surface area contributed by atoms with Gasteiger partial charge in [-0.2, -0.15) is 13.2 Å². The SMILES string of the molecule is CC(C)C1NC(C(C)C)N(C(C)CC(F)(F)F)C1=O. The Morgan fingerprint density at radius 2 is 1.68 bits per heavy atom. The molecule has 19 heavy (non-hydrogen) atoms. The molecule has 3 unspecified atom stereocenters. The van der Waals surface area contributed by atoms with E-state index in [4.69, 9.17) is 0 Å². The smallest absolute Gasteiger partial charge is 0.322 e. The number of nitrogens with zero attached hydrogens (tertiary/aromatic N) is 1. The van der Waals surface area contributed by atoms with Crippen molar-refractivity contribution in [1.29, 1.82) is 0 Å². The fraction of sp³-hybridized carbons (Fsp3) is 0.923. The van der Waals surface area contributed by atoms with Gasteiger partial charge < -0.3 is 4.90 Å². The van der Waals surface area contributed by atoms with Crippen LogP contribution in [0.5, 0.6) is 0 Å². The second kappa shape index (κ2) is 5.69. The molecule has 0 aromatic carbocycles. The van der Waals surface area contributed by atoms with Crippen molar-refractivity contribution in [2.24, 2.45) is 11.8 Å². The second-order valence-electron chi connectivity index (χ2n) is 5.99. The summed E-state index contributed by atoms with van der Waals surface area (Å²) in [5, 5.41) is 3.17. The van der Waals surface area contributed by atoms with E-state index in [1.54, 1.807) is 0 Å². The quantitative estimate of drug-likeness (QED) is 0.859. The van der Waals surface area contributed by atoms with Gasteiger partial charge in [0.15, 0.2) is 0 Å². The minimum atomic E-state index is -4.25. The van der Waals surface area contributed by atoms with Crippen LogP contribution in [-0.2, 0) is 4.79 Å². The summed E-state index contributed by atoms with van der Waals surface area (Å²) < 4.78 is 37.5. The summed E-state index contributed by atoms with van der Waals surface area (Å²) in [6, 6.07) is -1.22. The maximum Gasteiger partial charge on any atom is 0.391 e. The Morgan fingerprint density at radius 3 is 2.05 bits per heavy atom. The van der Waals surface area contributed by atoms with Crippen LogP contribution in [0.2, 0.25) is 0 Å². The lowest BCUT2D eigenvalue weighted by molar-refractivity contribution is -0.154. The number of hydrogen-bond acceptors (Lipinski definition) is 2. The van der Waals surface area contributed by atoms with Crippen molar-refractivity contribution in [3.05, 3.63) is 0 Å². The van der Waals surface area contributed by atoms with Gasteiger partial charge in [0, 0.05) is 6.04 Å². The van der Waals surface area contributed by atoms with E-state index >= 15 is 0 Å². The van der Waals surface area contributed by atoms with Crippen LogP contribution >= 0.6 is 0 Å². The van der Waals surface area contributed by atoms with Crippen molar-refractivity contribution >= 4 is 5.91 Å². The Morgan fingerprint density at radius 1 is 1.16 bits per heavy atom. The van der Waals surface area contributed by atoms with E-state index in [2.05, 4.69) is 5.32 Å². The average Bonchev–Trinajstić information content (AvgIpc) is 2.53. The van der Waals surface area contributed by atoms with Crippen LogP contribution < -0.4 is 5.32 Å². The molecule has 1 aliphatic heterocycles. The van der Waals surface area contributed by atoms with E-state index in [0.29, 0.717) is 0 Å². The third kappa shape index (κ3) is 3.84. The lowest BCUT2D eigenvalue weighted by Crippen LogP contribution is -2.47. The van der Waals surface area contributed by atoms with E-state index in [-0.39, 0.29) is 30.0 Å². The maximum atomic E-state index is 12.5. The minimum absolute atomic E-state index is 0.0665. The molecule has 1 rings (SSSR count). The molecule has 0 bridgehead atoms. The zero-order chi connectivity index (χ0) is 15.0. The summed E-state index contributed by atoms with van der Waals surface area (Å²) in [5.41, 5.74) is 0. The molecule has 1 saturated heterocycles. The first kappa shape index (κ1) is 16.3. The molecule has 1 amide bonds. The molecule has 1 aliphatic rings. The highest BCUT2D eigenvalue weighted by Gasteiger charge is 2.45. The zero-order valence-electron chi connectivity index (χ0n) is 12.1. The number of amides is 1. The molecule has 6 heteroatoms. The fourth-order valence-electron chi connectivity index (χ4n) is 2.55. The Kier molecular flexibility index (Phi) is 4.87. The minimum Gasteiger partial charge on any atom is -0.322 e. The molecule has 3 atom stereocenters. The number of carbonyl (C=O) groups is 1. The molecule has 112 valence electrons. The van der Waals surface area contributed by atoms with E-state index in [9.17, 15) is 18.0 Å². The van der Waals surface area contributed by atoms with Crippen molar-refractivity contribution in [2.75, 3.05) is 0 Å². The standard InChI is InChI=1S/C13H23F3N2O/c1-7(2)10-12(19)18(11(17-10)8(3)4)9(5)6-13(14,15)16/h7-11,17H,6H2,1-5H3. The Labute approximate surface area is 112 Å². The van der Waals surface area contributed by atoms with Gasteiger partial charge in [-0.05, 0) is 18.8 Å². The molecule has 0 saturated carbocycles. The van der Waals surface area contributed by atoms with Crippen LogP contribution in [-0.4, -0.2) is 35.2 Å². The van der Waals surface area contributed by atoms with E-state index in [1.807, 2.05) is 27.7 Å². The topological polar surface area (TPSA) is 32.3 Å². The third-order valence-corrected chi connectivity index (χ3v) is 3.47. The van der Waals surface area contributed by atoms with Crippen LogP contribution in [0.3, 0.4) is 0 Å². The van der Waals surface area contributed by atoms with Crippen molar-refractivity contribution in [1.82, 2.24) is 10.2 Å². The Balaban J connectivity index is 2.91. The van der Waals surface area contributed by atoms with Crippen molar-refractivity contribution < 1.29 is 18.0 Å². The summed E-state index contributed by atoms with van der Waals surface area (Å²) in [4.78, 5) is 13.7. The molecule has 1 N–H and O–H groups in total. The summed E-state index contributed by atoms with van der Waals surface area (Å²) in [6.07, 6.45) is -5.54. The first-order valence-electron chi connectivity index (χ1n) is 6.69. The van der Waals surface area contributed by atoms with E-state index in [1.165, 1.54) is 11.8 Å². The van der Waals surface area contributed by atoms with Crippen LogP contribution in [0.1, 0.15) is 41.0 Å². The van der Waals surface area contributed by atoms with Crippen LogP contribution in [0.25, 0.3) is 0 Å². The monoisotopic (exact) mass is 280 g/mol. The molecule has 3 nitrogen and oxygen atoms in total. The summed E-state index contributed by atoms with van der Waals surface area (Å²) >= 11 is 0. The largest absolute Gasteiger partial charge is 0.391 e. The molecule has 0 aromatic heterocycles. The first-order valence-corrected chi connectivity index (χ1v) is 6.69. The van der Waals surface area contributed by atoms with Gasteiger partial charge in [0.2, 0.25) is 5.91 Å². The zero-order valence-corrected chi connectivity index (χ0v) is 12.1. The molecule has 0 aliphatic carbocycles. The van der Waals surface area contributed by atoms with Crippen LogP contribution in [0.4, 0.5) is 13.2 Å². The summed E-state index contributed by atoms with van der Waals surface area (Å²) in [6.45, 7) is 9.06. The maximum absolute atomic E-state index is 12.5. The van der Waals surface area contributed by atoms with Gasteiger partial charge in [-0.25, -0.2) is 0 Å². The Bertz CT molecular complexity index is 328. The van der Waals surface area contributed by atoms with Gasteiger partial charge in [-0.1, -0.05) is 27.7 Å². The summed E-state index contributed by atoms with van der Waals surface area (Å²) in [7, 11) is 0. The normalized spacial score (nSPS) is 26.6.